The largest absolute Gasteiger partial charge is 0.490 e. The summed E-state index contributed by atoms with van der Waals surface area (Å²) in [5, 5.41) is 0. The molecule has 0 saturated carbocycles. The zero-order valence-electron chi connectivity index (χ0n) is 27.6. The molecule has 50 heavy (non-hydrogen) atoms. The molecule has 258 valence electrons. The molecule has 0 atom stereocenters. The van der Waals surface area contributed by atoms with E-state index in [1.165, 1.54) is 18.2 Å². The topological polar surface area (TPSA) is 155 Å². The molecule has 0 aliphatic carbocycles. The lowest BCUT2D eigenvalue weighted by atomic mass is 10.0. The summed E-state index contributed by atoms with van der Waals surface area (Å²) in [4.78, 5) is 20.8. The van der Waals surface area contributed by atoms with Gasteiger partial charge in [0.25, 0.3) is 15.9 Å². The third-order valence-corrected chi connectivity index (χ3v) is 8.73. The van der Waals surface area contributed by atoms with Crippen LogP contribution in [0.2, 0.25) is 0 Å². The van der Waals surface area contributed by atoms with Crippen LogP contribution in [-0.4, -0.2) is 44.1 Å². The Morgan fingerprint density at radius 3 is 2.18 bits per heavy atom. The van der Waals surface area contributed by atoms with Crippen LogP contribution in [0.5, 0.6) is 17.4 Å². The van der Waals surface area contributed by atoms with Crippen LogP contribution >= 0.6 is 0 Å². The maximum absolute atomic E-state index is 12.5. The summed E-state index contributed by atoms with van der Waals surface area (Å²) >= 11 is 0. The molecule has 12 heteroatoms. The fraction of sp³-hybridized carbons (Fsp3) is 0.184. The van der Waals surface area contributed by atoms with Crippen molar-refractivity contribution < 1.29 is 27.4 Å². The lowest BCUT2D eigenvalue weighted by Crippen LogP contribution is -2.29. The van der Waals surface area contributed by atoms with Crippen LogP contribution in [0.3, 0.4) is 0 Å². The SMILES string of the molecule is CCOc1cc(C=CC(=O)NS(=O)(=O)c2ccc(NN)nc2)ccc1OCCCCCOc1cc(-c2ccccc2)cc(-c2ccccc2)n1. The zero-order chi connectivity index (χ0) is 35.2. The maximum atomic E-state index is 12.5. The number of nitrogens with two attached hydrogens (primary N) is 1. The number of carbonyl (C=O) groups excluding carboxylic acids is 1. The Balaban J connectivity index is 1.10. The number of hydrazine groups is 1. The van der Waals surface area contributed by atoms with E-state index in [2.05, 4.69) is 28.6 Å². The van der Waals surface area contributed by atoms with Gasteiger partial charge in [0.05, 0.1) is 25.5 Å². The number of benzene rings is 3. The summed E-state index contributed by atoms with van der Waals surface area (Å²) in [5.41, 5.74) is 6.98. The quantitative estimate of drug-likeness (QED) is 0.0418. The van der Waals surface area contributed by atoms with Crippen LogP contribution in [0.4, 0.5) is 5.82 Å². The van der Waals surface area contributed by atoms with Gasteiger partial charge in [-0.3, -0.25) is 4.79 Å². The third kappa shape index (κ3) is 10.1. The summed E-state index contributed by atoms with van der Waals surface area (Å²) in [6.07, 6.45) is 6.23. The minimum absolute atomic E-state index is 0.172. The molecule has 0 aliphatic rings. The third-order valence-electron chi connectivity index (χ3n) is 7.40. The van der Waals surface area contributed by atoms with Gasteiger partial charge in [-0.15, -0.1) is 0 Å². The first kappa shape index (κ1) is 35.6. The van der Waals surface area contributed by atoms with Gasteiger partial charge in [-0.1, -0.05) is 66.7 Å². The number of ether oxygens (including phenoxy) is 3. The van der Waals surface area contributed by atoms with Crippen molar-refractivity contribution in [2.45, 2.75) is 31.1 Å². The van der Waals surface area contributed by atoms with Crippen molar-refractivity contribution in [3.8, 4) is 39.8 Å². The monoisotopic (exact) mass is 693 g/mol. The second-order valence-corrected chi connectivity index (χ2v) is 12.7. The average Bonchev–Trinajstić information content (AvgIpc) is 3.15. The summed E-state index contributed by atoms with van der Waals surface area (Å²) < 4.78 is 44.9. The number of hydrogen-bond donors (Lipinski definition) is 3. The second kappa shape index (κ2) is 17.6. The molecule has 0 bridgehead atoms. The Kier molecular flexibility index (Phi) is 12.5. The Morgan fingerprint density at radius 2 is 1.50 bits per heavy atom. The predicted molar refractivity (Wildman–Crippen MR) is 194 cm³/mol. The van der Waals surface area contributed by atoms with E-state index in [9.17, 15) is 13.2 Å². The highest BCUT2D eigenvalue weighted by Gasteiger charge is 2.17. The van der Waals surface area contributed by atoms with Crippen molar-refractivity contribution in [2.24, 2.45) is 5.84 Å². The maximum Gasteiger partial charge on any atom is 0.265 e. The molecule has 0 radical (unpaired) electrons. The number of carbonyl (C=O) groups is 1. The molecule has 1 amide bonds. The van der Waals surface area contributed by atoms with E-state index < -0.39 is 15.9 Å². The Morgan fingerprint density at radius 1 is 0.780 bits per heavy atom. The second-order valence-electron chi connectivity index (χ2n) is 11.0. The van der Waals surface area contributed by atoms with E-state index >= 15 is 0 Å². The van der Waals surface area contributed by atoms with E-state index in [-0.39, 0.29) is 10.7 Å². The minimum Gasteiger partial charge on any atom is -0.490 e. The van der Waals surface area contributed by atoms with Crippen LogP contribution < -0.4 is 30.2 Å². The van der Waals surface area contributed by atoms with Gasteiger partial charge in [0.1, 0.15) is 10.7 Å². The Hall–Kier alpha value is -5.72. The van der Waals surface area contributed by atoms with Gasteiger partial charge < -0.3 is 19.6 Å². The molecule has 0 spiro atoms. The van der Waals surface area contributed by atoms with E-state index in [0.29, 0.717) is 42.8 Å². The molecule has 0 fully saturated rings. The average molecular weight is 694 g/mol. The molecule has 3 aromatic carbocycles. The summed E-state index contributed by atoms with van der Waals surface area (Å²) in [7, 11) is -4.11. The molecular weight excluding hydrogens is 655 g/mol. The van der Waals surface area contributed by atoms with Crippen molar-refractivity contribution in [1.82, 2.24) is 14.7 Å². The highest BCUT2D eigenvalue weighted by Crippen LogP contribution is 2.30. The fourth-order valence-electron chi connectivity index (χ4n) is 4.91. The van der Waals surface area contributed by atoms with Crippen molar-refractivity contribution in [1.29, 1.82) is 0 Å². The number of aromatic nitrogens is 2. The van der Waals surface area contributed by atoms with E-state index in [1.807, 2.05) is 66.2 Å². The van der Waals surface area contributed by atoms with Crippen molar-refractivity contribution in [3.63, 3.8) is 0 Å². The Bertz CT molecular complexity index is 1930. The van der Waals surface area contributed by atoms with Crippen LogP contribution in [-0.2, 0) is 14.8 Å². The van der Waals surface area contributed by atoms with Gasteiger partial charge in [0.2, 0.25) is 5.88 Å². The normalized spacial score (nSPS) is 11.2. The molecular formula is C38H39N5O6S. The number of amides is 1. The molecule has 2 aromatic heterocycles. The van der Waals surface area contributed by atoms with Gasteiger partial charge in [0, 0.05) is 23.9 Å². The fourth-order valence-corrected chi connectivity index (χ4v) is 5.80. The first-order chi connectivity index (χ1) is 24.3. The number of sulfonamides is 1. The summed E-state index contributed by atoms with van der Waals surface area (Å²) in [6, 6.07) is 32.2. The van der Waals surface area contributed by atoms with Crippen LogP contribution in [0.1, 0.15) is 31.7 Å². The van der Waals surface area contributed by atoms with Crippen LogP contribution in [0.25, 0.3) is 28.5 Å². The number of unbranched alkanes of at least 4 members (excludes halogenated alkanes) is 2. The zero-order valence-corrected chi connectivity index (χ0v) is 28.4. The van der Waals surface area contributed by atoms with Gasteiger partial charge in [-0.05, 0) is 79.3 Å². The van der Waals surface area contributed by atoms with Crippen molar-refractivity contribution in [2.75, 3.05) is 25.2 Å². The van der Waals surface area contributed by atoms with Crippen LogP contribution in [0.15, 0.2) is 120 Å². The highest BCUT2D eigenvalue weighted by molar-refractivity contribution is 7.90. The molecule has 5 aromatic rings. The number of nitrogens with one attached hydrogen (secondary N) is 2. The predicted octanol–water partition coefficient (Wildman–Crippen LogP) is 6.64. The minimum atomic E-state index is -4.11. The Labute approximate surface area is 292 Å². The molecule has 5 rings (SSSR count). The molecule has 0 aliphatic heterocycles. The van der Waals surface area contributed by atoms with E-state index in [4.69, 9.17) is 25.0 Å². The van der Waals surface area contributed by atoms with Gasteiger partial charge in [-0.2, -0.15) is 0 Å². The van der Waals surface area contributed by atoms with Gasteiger partial charge >= 0.3 is 0 Å². The van der Waals surface area contributed by atoms with Gasteiger partial charge in [-0.25, -0.2) is 29.0 Å². The van der Waals surface area contributed by atoms with E-state index in [1.54, 1.807) is 18.2 Å². The highest BCUT2D eigenvalue weighted by atomic mass is 32.2. The van der Waals surface area contributed by atoms with Crippen LogP contribution in [0, 0.1) is 0 Å². The smallest absolute Gasteiger partial charge is 0.265 e. The molecule has 2 heterocycles. The lowest BCUT2D eigenvalue weighted by molar-refractivity contribution is -0.114. The van der Waals surface area contributed by atoms with Crippen molar-refractivity contribution in [3.05, 3.63) is 121 Å². The number of nitrogens with zero attached hydrogens (tertiary/aromatic N) is 2. The molecule has 11 nitrogen and oxygen atoms in total. The van der Waals surface area contributed by atoms with Crippen molar-refractivity contribution >= 4 is 27.8 Å². The van der Waals surface area contributed by atoms with Gasteiger partial charge in [0.15, 0.2) is 11.5 Å². The standard InChI is InChI=1S/C38H39N5O6S/c1-2-47-35-24-28(17-21-37(44)43-50(45,46)32-18-20-36(42-39)40-27-32)16-19-34(35)48-22-10-5-11-23-49-38-26-31(29-12-6-3-7-13-29)25-33(41-38)30-14-8-4-9-15-30/h3-4,6-9,12-21,24-27H,2,5,10-11,22-23,39H2,1H3,(H,40,42)(H,43,44). The van der Waals surface area contributed by atoms with E-state index in [0.717, 1.165) is 53.9 Å². The molecule has 4 N–H and O–H groups in total. The number of anilines is 1. The number of hydrogen-bond acceptors (Lipinski definition) is 10. The number of nitrogen functional groups attached to an aromatic ring is 1. The summed E-state index contributed by atoms with van der Waals surface area (Å²) in [6.45, 7) is 3.28. The molecule has 0 unspecified atom stereocenters. The molecule has 0 saturated heterocycles. The first-order valence-electron chi connectivity index (χ1n) is 16.2. The number of rotatable bonds is 17. The lowest BCUT2D eigenvalue weighted by Gasteiger charge is -2.13. The number of pyridine rings is 2. The first-order valence-corrected chi connectivity index (χ1v) is 17.7. The summed E-state index contributed by atoms with van der Waals surface area (Å²) in [5.74, 6) is 6.41.